The minimum Gasteiger partial charge on any atom is -0.490 e. The Kier molecular flexibility index (Phi) is 7.26. The van der Waals surface area contributed by atoms with Gasteiger partial charge in [0.05, 0.1) is 16.0 Å². The molecule has 3 aromatic carbocycles. The van der Waals surface area contributed by atoms with Crippen LogP contribution in [-0.2, 0) is 16.1 Å². The zero-order valence-corrected chi connectivity index (χ0v) is 20.6. The third kappa shape index (κ3) is 5.75. The van der Waals surface area contributed by atoms with Gasteiger partial charge in [-0.15, -0.1) is 0 Å². The highest BCUT2D eigenvalue weighted by molar-refractivity contribution is 9.10. The molecule has 0 radical (unpaired) electrons. The van der Waals surface area contributed by atoms with E-state index in [9.17, 15) is 14.9 Å². The Hall–Kier alpha value is -3.98. The van der Waals surface area contributed by atoms with Crippen LogP contribution < -0.4 is 9.47 Å². The van der Waals surface area contributed by atoms with Crippen LogP contribution in [0.25, 0.3) is 6.08 Å². The van der Waals surface area contributed by atoms with Crippen molar-refractivity contribution in [2.45, 2.75) is 20.5 Å². The highest BCUT2D eigenvalue weighted by Gasteiger charge is 2.25. The van der Waals surface area contributed by atoms with Gasteiger partial charge in [0.15, 0.2) is 17.2 Å². The van der Waals surface area contributed by atoms with Gasteiger partial charge in [0.2, 0.25) is 5.90 Å². The van der Waals surface area contributed by atoms with E-state index in [0.717, 1.165) is 11.1 Å². The van der Waals surface area contributed by atoms with Crippen LogP contribution >= 0.6 is 15.9 Å². The number of carbonyl (C=O) groups is 1. The number of halogens is 1. The number of benzene rings is 3. The van der Waals surface area contributed by atoms with Gasteiger partial charge in [0.25, 0.3) is 5.69 Å². The molecule has 1 heterocycles. The number of hydrogen-bond acceptors (Lipinski definition) is 7. The smallest absolute Gasteiger partial charge is 0.363 e. The Morgan fingerprint density at radius 3 is 2.57 bits per heavy atom. The summed E-state index contributed by atoms with van der Waals surface area (Å²) in [5, 5.41) is 10.9. The summed E-state index contributed by atoms with van der Waals surface area (Å²) in [6.45, 7) is 4.70. The number of cyclic esters (lactones) is 1. The summed E-state index contributed by atoms with van der Waals surface area (Å²) in [6.07, 6.45) is 1.58. The van der Waals surface area contributed by atoms with Gasteiger partial charge in [0.1, 0.15) is 6.61 Å². The number of carbonyl (C=O) groups excluding carboxylic acids is 1. The highest BCUT2D eigenvalue weighted by atomic mass is 79.9. The third-order valence-corrected chi connectivity index (χ3v) is 5.64. The molecular weight excluding hydrogens is 516 g/mol. The standard InChI is InChI=1S/C26H21BrN2O6/c1-3-33-23-14-18(12-21(27)24(23)34-15-17-6-4-5-16(2)11-17)13-22-26(30)35-25(28-22)19-7-9-20(10-8-19)29(31)32/h4-14H,3,15H2,1-2H3/b22-13-. The summed E-state index contributed by atoms with van der Waals surface area (Å²) >= 11 is 3.55. The SMILES string of the molecule is CCOc1cc(/C=C2\N=C(c3ccc([N+](=O)[O-])cc3)OC2=O)cc(Br)c1OCc1cccc(C)c1. The van der Waals surface area contributed by atoms with E-state index in [1.165, 1.54) is 24.3 Å². The molecule has 0 amide bonds. The molecule has 0 saturated carbocycles. The first-order valence-corrected chi connectivity index (χ1v) is 11.6. The maximum Gasteiger partial charge on any atom is 0.363 e. The van der Waals surface area contributed by atoms with Gasteiger partial charge in [-0.1, -0.05) is 29.8 Å². The van der Waals surface area contributed by atoms with Crippen LogP contribution in [0, 0.1) is 17.0 Å². The van der Waals surface area contributed by atoms with Crippen molar-refractivity contribution in [3.05, 3.63) is 103 Å². The number of hydrogen-bond donors (Lipinski definition) is 0. The largest absolute Gasteiger partial charge is 0.490 e. The van der Waals surface area contributed by atoms with E-state index in [0.29, 0.717) is 40.3 Å². The van der Waals surface area contributed by atoms with E-state index >= 15 is 0 Å². The molecule has 3 aromatic rings. The molecular formula is C26H21BrN2O6. The lowest BCUT2D eigenvalue weighted by Crippen LogP contribution is -2.05. The zero-order valence-electron chi connectivity index (χ0n) is 19.0. The fourth-order valence-electron chi connectivity index (χ4n) is 3.45. The lowest BCUT2D eigenvalue weighted by molar-refractivity contribution is -0.384. The van der Waals surface area contributed by atoms with Gasteiger partial charge >= 0.3 is 5.97 Å². The van der Waals surface area contributed by atoms with Gasteiger partial charge < -0.3 is 14.2 Å². The number of aryl methyl sites for hydroxylation is 1. The molecule has 0 bridgehead atoms. The van der Waals surface area contributed by atoms with Crippen LogP contribution in [0.2, 0.25) is 0 Å². The summed E-state index contributed by atoms with van der Waals surface area (Å²) in [4.78, 5) is 27.0. The number of non-ortho nitro benzene ring substituents is 1. The minimum absolute atomic E-state index is 0.0625. The maximum atomic E-state index is 12.4. The Balaban J connectivity index is 1.59. The summed E-state index contributed by atoms with van der Waals surface area (Å²) in [5.41, 5.74) is 3.34. The first-order valence-electron chi connectivity index (χ1n) is 10.8. The average molecular weight is 537 g/mol. The molecule has 35 heavy (non-hydrogen) atoms. The van der Waals surface area contributed by atoms with Crippen molar-refractivity contribution in [1.82, 2.24) is 0 Å². The minimum atomic E-state index is -0.618. The molecule has 0 unspecified atom stereocenters. The van der Waals surface area contributed by atoms with Crippen molar-refractivity contribution in [2.24, 2.45) is 4.99 Å². The van der Waals surface area contributed by atoms with E-state index < -0.39 is 10.9 Å². The first kappa shape index (κ1) is 24.2. The number of nitro benzene ring substituents is 1. The lowest BCUT2D eigenvalue weighted by Gasteiger charge is -2.15. The normalized spacial score (nSPS) is 14.0. The van der Waals surface area contributed by atoms with Crippen LogP contribution in [0.5, 0.6) is 11.5 Å². The number of esters is 1. The van der Waals surface area contributed by atoms with Gasteiger partial charge in [-0.2, -0.15) is 0 Å². The maximum absolute atomic E-state index is 12.4. The lowest BCUT2D eigenvalue weighted by atomic mass is 10.1. The van der Waals surface area contributed by atoms with Gasteiger partial charge in [-0.25, -0.2) is 9.79 Å². The first-order chi connectivity index (χ1) is 16.8. The fourth-order valence-corrected chi connectivity index (χ4v) is 4.02. The highest BCUT2D eigenvalue weighted by Crippen LogP contribution is 2.38. The van der Waals surface area contributed by atoms with Crippen molar-refractivity contribution in [3.63, 3.8) is 0 Å². The van der Waals surface area contributed by atoms with E-state index in [1.54, 1.807) is 18.2 Å². The van der Waals surface area contributed by atoms with E-state index in [2.05, 4.69) is 27.0 Å². The summed E-state index contributed by atoms with van der Waals surface area (Å²) in [6, 6.07) is 17.2. The number of ether oxygens (including phenoxy) is 3. The second-order valence-electron chi connectivity index (χ2n) is 7.68. The van der Waals surface area contributed by atoms with Crippen LogP contribution in [0.4, 0.5) is 5.69 Å². The number of nitrogens with zero attached hydrogens (tertiary/aromatic N) is 2. The molecule has 9 heteroatoms. The van der Waals surface area contributed by atoms with E-state index in [-0.39, 0.29) is 17.3 Å². The molecule has 0 aromatic heterocycles. The summed E-state index contributed by atoms with van der Waals surface area (Å²) in [7, 11) is 0. The molecule has 0 fully saturated rings. The third-order valence-electron chi connectivity index (χ3n) is 5.05. The molecule has 178 valence electrons. The second kappa shape index (κ2) is 10.5. The monoisotopic (exact) mass is 536 g/mol. The molecule has 0 saturated heterocycles. The summed E-state index contributed by atoms with van der Waals surface area (Å²) < 4.78 is 17.8. The molecule has 4 rings (SSSR count). The van der Waals surface area contributed by atoms with Crippen molar-refractivity contribution < 1.29 is 23.9 Å². The molecule has 0 spiro atoms. The molecule has 1 aliphatic rings. The van der Waals surface area contributed by atoms with Crippen molar-refractivity contribution in [1.29, 1.82) is 0 Å². The quantitative estimate of drug-likeness (QED) is 0.152. The predicted molar refractivity (Wildman–Crippen MR) is 135 cm³/mol. The number of nitro groups is 1. The van der Waals surface area contributed by atoms with Gasteiger partial charge in [0, 0.05) is 17.7 Å². The van der Waals surface area contributed by atoms with Crippen LogP contribution in [-0.4, -0.2) is 23.4 Å². The Labute approximate surface area is 210 Å². The molecule has 0 N–H and O–H groups in total. The zero-order chi connectivity index (χ0) is 24.9. The van der Waals surface area contributed by atoms with Gasteiger partial charge in [-0.3, -0.25) is 10.1 Å². The van der Waals surface area contributed by atoms with Crippen molar-refractivity contribution in [3.8, 4) is 11.5 Å². The number of aliphatic imine (C=N–C) groups is 1. The second-order valence-corrected chi connectivity index (χ2v) is 8.54. The molecule has 8 nitrogen and oxygen atoms in total. The fraction of sp³-hybridized carbons (Fsp3) is 0.154. The van der Waals surface area contributed by atoms with E-state index in [4.69, 9.17) is 14.2 Å². The summed E-state index contributed by atoms with van der Waals surface area (Å²) in [5.74, 6) is 0.539. The van der Waals surface area contributed by atoms with Crippen LogP contribution in [0.3, 0.4) is 0 Å². The van der Waals surface area contributed by atoms with Crippen molar-refractivity contribution >= 4 is 39.6 Å². The Morgan fingerprint density at radius 1 is 1.11 bits per heavy atom. The molecule has 0 aliphatic carbocycles. The predicted octanol–water partition coefficient (Wildman–Crippen LogP) is 5.99. The van der Waals surface area contributed by atoms with Gasteiger partial charge in [-0.05, 0) is 71.2 Å². The Bertz CT molecular complexity index is 1350. The van der Waals surface area contributed by atoms with Crippen LogP contribution in [0.15, 0.2) is 75.8 Å². The van der Waals surface area contributed by atoms with Crippen molar-refractivity contribution in [2.75, 3.05) is 6.61 Å². The average Bonchev–Trinajstić information content (AvgIpc) is 3.19. The number of rotatable bonds is 8. The van der Waals surface area contributed by atoms with Crippen LogP contribution in [0.1, 0.15) is 29.2 Å². The topological polar surface area (TPSA) is 100 Å². The van der Waals surface area contributed by atoms with E-state index in [1.807, 2.05) is 32.0 Å². The molecule has 0 atom stereocenters. The Morgan fingerprint density at radius 2 is 1.89 bits per heavy atom. The molecule has 1 aliphatic heterocycles.